The molecular formula is C24H34N6O4. The van der Waals surface area contributed by atoms with Gasteiger partial charge in [0.1, 0.15) is 6.54 Å². The number of hydrogen-bond acceptors (Lipinski definition) is 8. The first-order valence-electron chi connectivity index (χ1n) is 11.8. The number of fused-ring (bicyclic) bond motifs is 1. The van der Waals surface area contributed by atoms with Gasteiger partial charge in [-0.3, -0.25) is 14.5 Å². The van der Waals surface area contributed by atoms with Crippen LogP contribution in [0, 0.1) is 13.8 Å². The molecule has 1 atom stereocenters. The van der Waals surface area contributed by atoms with Gasteiger partial charge in [0.05, 0.1) is 18.2 Å². The monoisotopic (exact) mass is 470 g/mol. The zero-order chi connectivity index (χ0) is 24.7. The minimum atomic E-state index is -0.412. The summed E-state index contributed by atoms with van der Waals surface area (Å²) < 4.78 is 6.52. The van der Waals surface area contributed by atoms with Crippen LogP contribution in [0.25, 0.3) is 10.9 Å². The number of ether oxygens (including phenoxy) is 1. The van der Waals surface area contributed by atoms with Crippen LogP contribution >= 0.6 is 0 Å². The van der Waals surface area contributed by atoms with Gasteiger partial charge in [-0.1, -0.05) is 25.5 Å². The molecule has 2 heterocycles. The Bertz CT molecular complexity index is 1170. The number of tetrazole rings is 1. The van der Waals surface area contributed by atoms with Crippen molar-refractivity contribution < 1.29 is 14.6 Å². The number of nitrogens with zero attached hydrogens (tertiary/aromatic N) is 5. The number of aromatic amines is 1. The molecule has 0 aliphatic carbocycles. The number of esters is 1. The molecule has 0 aliphatic rings. The third kappa shape index (κ3) is 5.87. The minimum Gasteiger partial charge on any atom is -0.465 e. The van der Waals surface area contributed by atoms with E-state index in [0.29, 0.717) is 30.9 Å². The number of carbonyl (C=O) groups is 1. The largest absolute Gasteiger partial charge is 0.465 e. The number of aliphatic hydroxyl groups is 1. The molecule has 2 aromatic heterocycles. The minimum absolute atomic E-state index is 0.0235. The molecule has 0 amide bonds. The Kier molecular flexibility index (Phi) is 8.89. The number of hydrogen-bond donors (Lipinski definition) is 2. The first-order chi connectivity index (χ1) is 16.4. The van der Waals surface area contributed by atoms with Crippen molar-refractivity contribution in [1.29, 1.82) is 0 Å². The lowest BCUT2D eigenvalue weighted by Crippen LogP contribution is -2.34. The highest BCUT2D eigenvalue weighted by Gasteiger charge is 2.27. The Morgan fingerprint density at radius 3 is 2.79 bits per heavy atom. The zero-order valence-corrected chi connectivity index (χ0v) is 20.4. The third-order valence-electron chi connectivity index (χ3n) is 6.05. The smallest absolute Gasteiger partial charge is 0.327 e. The van der Waals surface area contributed by atoms with E-state index in [4.69, 9.17) is 4.74 Å². The predicted molar refractivity (Wildman–Crippen MR) is 128 cm³/mol. The summed E-state index contributed by atoms with van der Waals surface area (Å²) in [4.78, 5) is 30.2. The zero-order valence-electron chi connectivity index (χ0n) is 20.4. The maximum absolute atomic E-state index is 13.0. The van der Waals surface area contributed by atoms with Crippen molar-refractivity contribution in [3.63, 3.8) is 0 Å². The average molecular weight is 471 g/mol. The summed E-state index contributed by atoms with van der Waals surface area (Å²) in [5.74, 6) is 0.126. The molecule has 0 fully saturated rings. The van der Waals surface area contributed by atoms with Crippen LogP contribution in [0.4, 0.5) is 0 Å². The van der Waals surface area contributed by atoms with Gasteiger partial charge in [-0.05, 0) is 66.6 Å². The maximum atomic E-state index is 13.0. The second kappa shape index (κ2) is 11.8. The van der Waals surface area contributed by atoms with Gasteiger partial charge < -0.3 is 14.8 Å². The lowest BCUT2D eigenvalue weighted by atomic mass is 10.0. The van der Waals surface area contributed by atoms with Gasteiger partial charge in [0.15, 0.2) is 5.82 Å². The summed E-state index contributed by atoms with van der Waals surface area (Å²) in [7, 11) is 0. The molecule has 184 valence electrons. The maximum Gasteiger partial charge on any atom is 0.327 e. The molecule has 0 spiro atoms. The predicted octanol–water partition coefficient (Wildman–Crippen LogP) is 2.42. The van der Waals surface area contributed by atoms with Crippen molar-refractivity contribution in [2.24, 2.45) is 0 Å². The first kappa shape index (κ1) is 25.5. The molecule has 2 N–H and O–H groups in total. The fourth-order valence-electron chi connectivity index (χ4n) is 4.17. The molecule has 1 aromatic carbocycles. The standard InChI is InChI=1S/C24H34N6O4/c1-5-8-20(23-26-27-28-30(23)15-21(32)34-6-2)29(11-7-12-31)14-19-13-18-10-9-16(3)17(4)22(18)25-24(19)33/h9-10,13,20,31H,5-8,11-12,14-15H2,1-4H3,(H,25,33). The van der Waals surface area contributed by atoms with Crippen LogP contribution in [0.2, 0.25) is 0 Å². The van der Waals surface area contributed by atoms with Crippen molar-refractivity contribution in [3.05, 3.63) is 51.1 Å². The summed E-state index contributed by atoms with van der Waals surface area (Å²) in [5.41, 5.74) is 3.51. The number of aliphatic hydroxyl groups excluding tert-OH is 1. The molecule has 3 aromatic rings. The number of aryl methyl sites for hydroxylation is 2. The van der Waals surface area contributed by atoms with Gasteiger partial charge in [0.25, 0.3) is 5.56 Å². The highest BCUT2D eigenvalue weighted by Crippen LogP contribution is 2.27. The van der Waals surface area contributed by atoms with Crippen LogP contribution in [0.1, 0.15) is 61.7 Å². The van der Waals surface area contributed by atoms with E-state index in [-0.39, 0.29) is 31.4 Å². The van der Waals surface area contributed by atoms with Gasteiger partial charge in [0, 0.05) is 25.3 Å². The summed E-state index contributed by atoms with van der Waals surface area (Å²) in [6, 6.07) is 5.75. The normalized spacial score (nSPS) is 12.4. The van der Waals surface area contributed by atoms with Gasteiger partial charge >= 0.3 is 5.97 Å². The van der Waals surface area contributed by atoms with Gasteiger partial charge in [-0.25, -0.2) is 4.68 Å². The van der Waals surface area contributed by atoms with Crippen molar-refractivity contribution in [2.75, 3.05) is 19.8 Å². The second-order valence-corrected chi connectivity index (χ2v) is 8.45. The van der Waals surface area contributed by atoms with Crippen LogP contribution < -0.4 is 5.56 Å². The number of rotatable bonds is 12. The fourth-order valence-corrected chi connectivity index (χ4v) is 4.17. The van der Waals surface area contributed by atoms with Crippen molar-refractivity contribution in [3.8, 4) is 0 Å². The second-order valence-electron chi connectivity index (χ2n) is 8.45. The fraction of sp³-hybridized carbons (Fsp3) is 0.542. The van der Waals surface area contributed by atoms with E-state index in [1.807, 2.05) is 32.0 Å². The lowest BCUT2D eigenvalue weighted by Gasteiger charge is -2.30. The van der Waals surface area contributed by atoms with E-state index in [2.05, 4.69) is 32.3 Å². The van der Waals surface area contributed by atoms with E-state index >= 15 is 0 Å². The third-order valence-corrected chi connectivity index (χ3v) is 6.05. The van der Waals surface area contributed by atoms with Crippen LogP contribution in [0.15, 0.2) is 23.0 Å². The van der Waals surface area contributed by atoms with Gasteiger partial charge in [-0.2, -0.15) is 0 Å². The first-order valence-corrected chi connectivity index (χ1v) is 11.8. The van der Waals surface area contributed by atoms with Crippen LogP contribution in [0.5, 0.6) is 0 Å². The summed E-state index contributed by atoms with van der Waals surface area (Å²) >= 11 is 0. The van der Waals surface area contributed by atoms with Gasteiger partial charge in [-0.15, -0.1) is 5.10 Å². The highest BCUT2D eigenvalue weighted by atomic mass is 16.5. The van der Waals surface area contributed by atoms with E-state index < -0.39 is 5.97 Å². The molecule has 1 unspecified atom stereocenters. The van der Waals surface area contributed by atoms with E-state index in [1.54, 1.807) is 6.92 Å². The summed E-state index contributed by atoms with van der Waals surface area (Å²) in [5, 5.41) is 22.5. The summed E-state index contributed by atoms with van der Waals surface area (Å²) in [6.07, 6.45) is 2.10. The Hall–Kier alpha value is -3.11. The molecule has 0 radical (unpaired) electrons. The van der Waals surface area contributed by atoms with Crippen molar-refractivity contribution >= 4 is 16.9 Å². The number of carbonyl (C=O) groups excluding carboxylic acids is 1. The molecular weight excluding hydrogens is 436 g/mol. The number of benzene rings is 1. The highest BCUT2D eigenvalue weighted by molar-refractivity contribution is 5.83. The summed E-state index contributed by atoms with van der Waals surface area (Å²) in [6.45, 7) is 8.95. The SMILES string of the molecule is CCCC(c1nnnn1CC(=O)OCC)N(CCCO)Cc1cc2ccc(C)c(C)c2[nH]c1=O. The topological polar surface area (TPSA) is 126 Å². The molecule has 0 saturated heterocycles. The molecule has 34 heavy (non-hydrogen) atoms. The van der Waals surface area contributed by atoms with Crippen molar-refractivity contribution in [2.45, 2.75) is 66.1 Å². The number of aromatic nitrogens is 5. The molecule has 0 bridgehead atoms. The molecule has 10 heteroatoms. The Balaban J connectivity index is 1.97. The molecule has 0 aliphatic heterocycles. The Morgan fingerprint density at radius 2 is 2.09 bits per heavy atom. The number of H-pyrrole nitrogens is 1. The average Bonchev–Trinajstić information content (AvgIpc) is 3.26. The number of nitrogens with one attached hydrogen (secondary N) is 1. The number of pyridine rings is 1. The van der Waals surface area contributed by atoms with Crippen molar-refractivity contribution in [1.82, 2.24) is 30.1 Å². The van der Waals surface area contributed by atoms with Crippen LogP contribution in [-0.2, 0) is 22.6 Å². The quantitative estimate of drug-likeness (QED) is 0.387. The van der Waals surface area contributed by atoms with E-state index in [0.717, 1.165) is 34.9 Å². The van der Waals surface area contributed by atoms with Gasteiger partial charge in [0.2, 0.25) is 0 Å². The molecule has 3 rings (SSSR count). The van der Waals surface area contributed by atoms with Crippen LogP contribution in [-0.4, -0.2) is 60.9 Å². The Labute approximate surface area is 198 Å². The van der Waals surface area contributed by atoms with E-state index in [1.165, 1.54) is 4.68 Å². The molecule has 10 nitrogen and oxygen atoms in total. The molecule has 0 saturated carbocycles. The lowest BCUT2D eigenvalue weighted by molar-refractivity contribution is -0.144. The van der Waals surface area contributed by atoms with E-state index in [9.17, 15) is 14.7 Å². The Morgan fingerprint density at radius 1 is 1.29 bits per heavy atom. The van der Waals surface area contributed by atoms with Crippen LogP contribution in [0.3, 0.4) is 0 Å².